The Hall–Kier alpha value is -2.10. The van der Waals surface area contributed by atoms with E-state index in [1.165, 1.54) is 28.6 Å². The number of carboxylic acids is 2. The summed E-state index contributed by atoms with van der Waals surface area (Å²) >= 11 is 0. The summed E-state index contributed by atoms with van der Waals surface area (Å²) in [6.45, 7) is 5.81. The van der Waals surface area contributed by atoms with Crippen LogP contribution in [0.1, 0.15) is 26.7 Å². The number of aliphatic carboxylic acids is 2. The van der Waals surface area contributed by atoms with Crippen LogP contribution in [0.4, 0.5) is 0 Å². The van der Waals surface area contributed by atoms with Crippen LogP contribution in [-0.4, -0.2) is 81.9 Å². The molecular formula is C19H28N2O10S2. The summed E-state index contributed by atoms with van der Waals surface area (Å²) in [6.07, 6.45) is 0.968. The van der Waals surface area contributed by atoms with Crippen LogP contribution in [0.5, 0.6) is 0 Å². The Bertz CT molecular complexity index is 1020. The van der Waals surface area contributed by atoms with Gasteiger partial charge in [-0.05, 0) is 30.2 Å². The number of piperidine rings is 1. The highest BCUT2D eigenvalue weighted by atomic mass is 32.2. The van der Waals surface area contributed by atoms with Crippen molar-refractivity contribution in [3.05, 3.63) is 24.3 Å². The Morgan fingerprint density at radius 1 is 0.970 bits per heavy atom. The monoisotopic (exact) mass is 508 g/mol. The minimum atomic E-state index is -3.69. The summed E-state index contributed by atoms with van der Waals surface area (Å²) in [5, 5.41) is 14.8. The predicted octanol–water partition coefficient (Wildman–Crippen LogP) is 0.304. The van der Waals surface area contributed by atoms with E-state index in [9.17, 15) is 16.8 Å². The molecule has 0 saturated carbocycles. The number of nitrogens with one attached hydrogen (secondary N) is 1. The SMILES string of the molecule is CC(C)CNS(=O)(=O)c1ccc(S(=O)(=O)N2CCC3(CC2)OCCO3)cc1.O=C(O)C(=O)O. The van der Waals surface area contributed by atoms with Crippen LogP contribution >= 0.6 is 0 Å². The molecule has 12 nitrogen and oxygen atoms in total. The lowest BCUT2D eigenvalue weighted by molar-refractivity contribution is -0.179. The second-order valence-corrected chi connectivity index (χ2v) is 11.5. The lowest BCUT2D eigenvalue weighted by Crippen LogP contribution is -2.47. The van der Waals surface area contributed by atoms with Crippen molar-refractivity contribution in [2.45, 2.75) is 42.3 Å². The highest BCUT2D eigenvalue weighted by molar-refractivity contribution is 7.89. The quantitative estimate of drug-likeness (QED) is 0.453. The maximum Gasteiger partial charge on any atom is 0.414 e. The van der Waals surface area contributed by atoms with Crippen LogP contribution in [0.3, 0.4) is 0 Å². The maximum absolute atomic E-state index is 12.8. The zero-order valence-electron chi connectivity index (χ0n) is 18.3. The standard InChI is InChI=1S/C17H26N2O6S2.C2H2O4/c1-14(2)13-18-26(20,21)15-3-5-16(6-4-15)27(22,23)19-9-7-17(8-10-19)24-11-12-25-17;3-1(4)2(5)6/h3-6,14,18H,7-13H2,1-2H3;(H,3,4)(H,5,6). The predicted molar refractivity (Wildman–Crippen MR) is 114 cm³/mol. The van der Waals surface area contributed by atoms with Crippen LogP contribution in [0.15, 0.2) is 34.1 Å². The Morgan fingerprint density at radius 3 is 1.85 bits per heavy atom. The largest absolute Gasteiger partial charge is 0.473 e. The van der Waals surface area contributed by atoms with Crippen molar-refractivity contribution >= 4 is 32.0 Å². The summed E-state index contributed by atoms with van der Waals surface area (Å²) in [5.41, 5.74) is 0. The second-order valence-electron chi connectivity index (χ2n) is 7.84. The Kier molecular flexibility index (Phi) is 8.95. The van der Waals surface area contributed by atoms with Gasteiger partial charge in [0, 0.05) is 32.5 Å². The lowest BCUT2D eigenvalue weighted by atomic mass is 10.1. The van der Waals surface area contributed by atoms with Crippen LogP contribution in [-0.2, 0) is 39.1 Å². The molecule has 2 aliphatic heterocycles. The molecule has 3 N–H and O–H groups in total. The van der Waals surface area contributed by atoms with Crippen molar-refractivity contribution < 1.29 is 46.1 Å². The first-order valence-corrected chi connectivity index (χ1v) is 13.1. The number of sulfonamides is 2. The minimum Gasteiger partial charge on any atom is -0.473 e. The van der Waals surface area contributed by atoms with Gasteiger partial charge in [0.2, 0.25) is 20.0 Å². The molecule has 33 heavy (non-hydrogen) atoms. The van der Waals surface area contributed by atoms with Gasteiger partial charge in [0.15, 0.2) is 5.79 Å². The summed E-state index contributed by atoms with van der Waals surface area (Å²) in [4.78, 5) is 18.3. The summed E-state index contributed by atoms with van der Waals surface area (Å²) in [6, 6.07) is 5.33. The summed E-state index contributed by atoms with van der Waals surface area (Å²) < 4.78 is 65.3. The van der Waals surface area contributed by atoms with E-state index >= 15 is 0 Å². The number of carbonyl (C=O) groups is 2. The van der Waals surface area contributed by atoms with Gasteiger partial charge in [0.05, 0.1) is 23.0 Å². The molecule has 1 aromatic carbocycles. The molecule has 0 amide bonds. The van der Waals surface area contributed by atoms with Crippen molar-refractivity contribution in [1.29, 1.82) is 0 Å². The molecular weight excluding hydrogens is 480 g/mol. The van der Waals surface area contributed by atoms with Gasteiger partial charge in [-0.3, -0.25) is 0 Å². The molecule has 3 rings (SSSR count). The molecule has 0 unspecified atom stereocenters. The van der Waals surface area contributed by atoms with Crippen molar-refractivity contribution in [2.75, 3.05) is 32.8 Å². The highest BCUT2D eigenvalue weighted by Gasteiger charge is 2.42. The Labute approximate surface area is 192 Å². The molecule has 0 atom stereocenters. The van der Waals surface area contributed by atoms with Gasteiger partial charge in [0.25, 0.3) is 0 Å². The number of hydrogen-bond donors (Lipinski definition) is 3. The van der Waals surface area contributed by atoms with Crippen LogP contribution < -0.4 is 4.72 Å². The number of carboxylic acid groups (broad SMARTS) is 2. The lowest BCUT2D eigenvalue weighted by Gasteiger charge is -2.36. The number of ether oxygens (including phenoxy) is 2. The molecule has 0 aliphatic carbocycles. The topological polar surface area (TPSA) is 177 Å². The minimum absolute atomic E-state index is 0.0486. The van der Waals surface area contributed by atoms with E-state index in [2.05, 4.69) is 4.72 Å². The Morgan fingerprint density at radius 2 is 1.42 bits per heavy atom. The first-order chi connectivity index (χ1) is 15.3. The van der Waals surface area contributed by atoms with Crippen molar-refractivity contribution in [1.82, 2.24) is 9.03 Å². The van der Waals surface area contributed by atoms with Gasteiger partial charge in [-0.15, -0.1) is 0 Å². The first kappa shape index (κ1) is 27.1. The number of benzene rings is 1. The third kappa shape index (κ3) is 7.19. The van der Waals surface area contributed by atoms with Gasteiger partial charge in [0.1, 0.15) is 0 Å². The molecule has 0 radical (unpaired) electrons. The number of hydrogen-bond acceptors (Lipinski definition) is 8. The average molecular weight is 509 g/mol. The molecule has 1 spiro atoms. The van der Waals surface area contributed by atoms with Gasteiger partial charge in [-0.2, -0.15) is 4.31 Å². The van der Waals surface area contributed by atoms with Crippen molar-refractivity contribution in [3.8, 4) is 0 Å². The fourth-order valence-corrected chi connectivity index (χ4v) is 5.81. The molecule has 1 aromatic rings. The zero-order chi connectivity index (χ0) is 24.9. The van der Waals surface area contributed by atoms with Gasteiger partial charge in [-0.1, -0.05) is 13.8 Å². The molecule has 2 heterocycles. The van der Waals surface area contributed by atoms with Crippen LogP contribution in [0.25, 0.3) is 0 Å². The van der Waals surface area contributed by atoms with E-state index in [0.717, 1.165) is 0 Å². The number of rotatable bonds is 6. The summed E-state index contributed by atoms with van der Waals surface area (Å²) in [5.74, 6) is -4.12. The molecule has 0 aromatic heterocycles. The van der Waals surface area contributed by atoms with Crippen molar-refractivity contribution in [3.63, 3.8) is 0 Å². The summed E-state index contributed by atoms with van der Waals surface area (Å²) in [7, 11) is -7.34. The third-order valence-electron chi connectivity index (χ3n) is 4.93. The van der Waals surface area contributed by atoms with E-state index in [1.807, 2.05) is 13.8 Å². The van der Waals surface area contributed by atoms with E-state index in [1.54, 1.807) is 0 Å². The smallest absolute Gasteiger partial charge is 0.414 e. The second kappa shape index (κ2) is 10.9. The highest BCUT2D eigenvalue weighted by Crippen LogP contribution is 2.33. The van der Waals surface area contributed by atoms with Gasteiger partial charge < -0.3 is 19.7 Å². The van der Waals surface area contributed by atoms with E-state index in [4.69, 9.17) is 29.3 Å². The third-order valence-corrected chi connectivity index (χ3v) is 8.29. The van der Waals surface area contributed by atoms with Gasteiger partial charge in [-0.25, -0.2) is 31.1 Å². The van der Waals surface area contributed by atoms with Crippen molar-refractivity contribution in [2.24, 2.45) is 5.92 Å². The first-order valence-electron chi connectivity index (χ1n) is 10.1. The van der Waals surface area contributed by atoms with Gasteiger partial charge >= 0.3 is 11.9 Å². The fraction of sp³-hybridized carbons (Fsp3) is 0.579. The molecule has 2 fully saturated rings. The van der Waals surface area contributed by atoms with E-state index in [-0.39, 0.29) is 15.7 Å². The molecule has 2 saturated heterocycles. The number of nitrogens with zero attached hydrogens (tertiary/aromatic N) is 1. The van der Waals surface area contributed by atoms with Crippen LogP contribution in [0, 0.1) is 5.92 Å². The maximum atomic E-state index is 12.8. The normalized spacial score (nSPS) is 18.6. The molecule has 14 heteroatoms. The molecule has 0 bridgehead atoms. The molecule has 186 valence electrons. The fourth-order valence-electron chi connectivity index (χ4n) is 3.15. The van der Waals surface area contributed by atoms with E-state index < -0.39 is 37.8 Å². The Balaban J connectivity index is 0.000000569. The van der Waals surface area contributed by atoms with E-state index in [0.29, 0.717) is 45.7 Å². The molecule has 2 aliphatic rings. The average Bonchev–Trinajstić information content (AvgIpc) is 3.21. The zero-order valence-corrected chi connectivity index (χ0v) is 19.9. The van der Waals surface area contributed by atoms with Crippen LogP contribution in [0.2, 0.25) is 0 Å².